The molecule has 0 saturated heterocycles. The van der Waals surface area contributed by atoms with Gasteiger partial charge in [-0.15, -0.1) is 0 Å². The Bertz CT molecular complexity index is 234. The molecule has 0 radical (unpaired) electrons. The second-order valence-corrected chi connectivity index (χ2v) is 3.03. The molecule has 0 spiro atoms. The molecule has 13 heavy (non-hydrogen) atoms. The molecule has 1 aromatic heterocycles. The maximum atomic E-state index is 5.01. The van der Waals surface area contributed by atoms with Crippen LogP contribution in [0.25, 0.3) is 0 Å². The molecule has 1 rings (SSSR count). The van der Waals surface area contributed by atoms with Gasteiger partial charge < -0.3 is 9.30 Å². The van der Waals surface area contributed by atoms with Gasteiger partial charge in [0.25, 0.3) is 0 Å². The first kappa shape index (κ1) is 10.3. The Kier molecular flexibility index (Phi) is 3.96. The average molecular weight is 182 g/mol. The predicted octanol–water partition coefficient (Wildman–Crippen LogP) is 1.65. The van der Waals surface area contributed by atoms with Crippen LogP contribution in [-0.4, -0.2) is 23.3 Å². The molecule has 0 fully saturated rings. The summed E-state index contributed by atoms with van der Waals surface area (Å²) in [6.07, 6.45) is 4.04. The second-order valence-electron chi connectivity index (χ2n) is 3.03. The van der Waals surface area contributed by atoms with Gasteiger partial charge in [-0.25, -0.2) is 4.98 Å². The summed E-state index contributed by atoms with van der Waals surface area (Å²) in [6, 6.07) is 0. The highest BCUT2D eigenvalue weighted by atomic mass is 16.5. The highest BCUT2D eigenvalue weighted by Gasteiger charge is 2.03. The van der Waals surface area contributed by atoms with Crippen LogP contribution in [0.3, 0.4) is 0 Å². The van der Waals surface area contributed by atoms with E-state index in [4.69, 9.17) is 4.74 Å². The highest BCUT2D eigenvalue weighted by molar-refractivity contribution is 5.04. The molecule has 0 aliphatic carbocycles. The molecule has 0 aliphatic rings. The molecular formula is C10H18N2O. The van der Waals surface area contributed by atoms with Gasteiger partial charge in [-0.2, -0.15) is 0 Å². The van der Waals surface area contributed by atoms with E-state index in [0.29, 0.717) is 0 Å². The highest BCUT2D eigenvalue weighted by Crippen LogP contribution is 2.05. The Labute approximate surface area is 79.7 Å². The average Bonchev–Trinajstić information content (AvgIpc) is 2.57. The Balaban J connectivity index is 2.68. The van der Waals surface area contributed by atoms with Crippen molar-refractivity contribution in [2.24, 2.45) is 0 Å². The fourth-order valence-corrected chi connectivity index (χ4v) is 1.40. The molecule has 0 atom stereocenters. The van der Waals surface area contributed by atoms with Crippen molar-refractivity contribution in [3.63, 3.8) is 0 Å². The second kappa shape index (κ2) is 5.02. The van der Waals surface area contributed by atoms with Gasteiger partial charge in [0.05, 0.1) is 12.3 Å². The number of methoxy groups -OCH3 is 1. The van der Waals surface area contributed by atoms with E-state index in [-0.39, 0.29) is 0 Å². The maximum absolute atomic E-state index is 5.01. The van der Waals surface area contributed by atoms with Gasteiger partial charge >= 0.3 is 0 Å². The Hall–Kier alpha value is -0.830. The number of hydrogen-bond acceptors (Lipinski definition) is 2. The van der Waals surface area contributed by atoms with Crippen molar-refractivity contribution < 1.29 is 4.74 Å². The largest absolute Gasteiger partial charge is 0.384 e. The zero-order valence-corrected chi connectivity index (χ0v) is 8.71. The third-order valence-electron chi connectivity index (χ3n) is 2.13. The van der Waals surface area contributed by atoms with E-state index in [2.05, 4.69) is 29.6 Å². The van der Waals surface area contributed by atoms with Crippen molar-refractivity contribution in [2.75, 3.05) is 13.7 Å². The Morgan fingerprint density at radius 1 is 1.46 bits per heavy atom. The first-order chi connectivity index (χ1) is 6.31. The van der Waals surface area contributed by atoms with E-state index < -0.39 is 0 Å². The van der Waals surface area contributed by atoms with E-state index in [1.165, 1.54) is 5.82 Å². The third-order valence-corrected chi connectivity index (χ3v) is 2.13. The lowest BCUT2D eigenvalue weighted by Crippen LogP contribution is -1.98. The fraction of sp³-hybridized carbons (Fsp3) is 0.700. The molecule has 0 unspecified atom stereocenters. The van der Waals surface area contributed by atoms with Crippen LogP contribution < -0.4 is 0 Å². The minimum absolute atomic E-state index is 0.754. The summed E-state index contributed by atoms with van der Waals surface area (Å²) in [6.45, 7) is 6.03. The SMILES string of the molecule is CCc1nc(CCOC)cn1CC. The van der Waals surface area contributed by atoms with Crippen LogP contribution in [0, 0.1) is 0 Å². The van der Waals surface area contributed by atoms with Crippen molar-refractivity contribution in [1.29, 1.82) is 0 Å². The van der Waals surface area contributed by atoms with Gasteiger partial charge in [0.15, 0.2) is 0 Å². The topological polar surface area (TPSA) is 27.1 Å². The van der Waals surface area contributed by atoms with E-state index in [0.717, 1.165) is 31.7 Å². The smallest absolute Gasteiger partial charge is 0.108 e. The summed E-state index contributed by atoms with van der Waals surface area (Å²) in [4.78, 5) is 4.52. The lowest BCUT2D eigenvalue weighted by atomic mass is 10.3. The molecule has 0 aromatic carbocycles. The molecule has 0 aliphatic heterocycles. The monoisotopic (exact) mass is 182 g/mol. The van der Waals surface area contributed by atoms with Gasteiger partial charge in [0.2, 0.25) is 0 Å². The van der Waals surface area contributed by atoms with Gasteiger partial charge in [-0.05, 0) is 6.92 Å². The molecule has 74 valence electrons. The first-order valence-corrected chi connectivity index (χ1v) is 4.85. The lowest BCUT2D eigenvalue weighted by molar-refractivity contribution is 0.201. The molecule has 0 bridgehead atoms. The van der Waals surface area contributed by atoms with Crippen molar-refractivity contribution in [3.8, 4) is 0 Å². The van der Waals surface area contributed by atoms with E-state index in [9.17, 15) is 0 Å². The van der Waals surface area contributed by atoms with Gasteiger partial charge in [0.1, 0.15) is 5.82 Å². The molecule has 0 saturated carbocycles. The molecule has 3 heteroatoms. The number of aryl methyl sites for hydroxylation is 2. The number of imidazole rings is 1. The fourth-order valence-electron chi connectivity index (χ4n) is 1.40. The molecule has 0 amide bonds. The van der Waals surface area contributed by atoms with Crippen LogP contribution in [-0.2, 0) is 24.1 Å². The Morgan fingerprint density at radius 2 is 2.23 bits per heavy atom. The van der Waals surface area contributed by atoms with Crippen molar-refractivity contribution >= 4 is 0 Å². The maximum Gasteiger partial charge on any atom is 0.108 e. The number of nitrogens with zero attached hydrogens (tertiary/aromatic N) is 2. The van der Waals surface area contributed by atoms with E-state index in [1.54, 1.807) is 7.11 Å². The van der Waals surface area contributed by atoms with E-state index in [1.807, 2.05) is 0 Å². The standard InChI is InChI=1S/C10H18N2O/c1-4-10-11-9(6-7-13-3)8-12(10)5-2/h8H,4-7H2,1-3H3. The summed E-state index contributed by atoms with van der Waals surface area (Å²) in [5, 5.41) is 0. The van der Waals surface area contributed by atoms with Crippen LogP contribution >= 0.6 is 0 Å². The minimum Gasteiger partial charge on any atom is -0.384 e. The van der Waals surface area contributed by atoms with Crippen LogP contribution in [0.1, 0.15) is 25.4 Å². The predicted molar refractivity (Wildman–Crippen MR) is 52.9 cm³/mol. The normalized spacial score (nSPS) is 10.7. The number of aromatic nitrogens is 2. The van der Waals surface area contributed by atoms with Crippen LogP contribution in [0.5, 0.6) is 0 Å². The number of ether oxygens (including phenoxy) is 1. The molecule has 1 heterocycles. The quantitative estimate of drug-likeness (QED) is 0.692. The summed E-state index contributed by atoms with van der Waals surface area (Å²) in [5.41, 5.74) is 1.14. The summed E-state index contributed by atoms with van der Waals surface area (Å²) >= 11 is 0. The van der Waals surface area contributed by atoms with Crippen molar-refractivity contribution in [3.05, 3.63) is 17.7 Å². The van der Waals surface area contributed by atoms with Gasteiger partial charge in [0, 0.05) is 32.7 Å². The first-order valence-electron chi connectivity index (χ1n) is 4.85. The van der Waals surface area contributed by atoms with Crippen LogP contribution in [0.15, 0.2) is 6.20 Å². The zero-order valence-electron chi connectivity index (χ0n) is 8.71. The van der Waals surface area contributed by atoms with Crippen LogP contribution in [0.4, 0.5) is 0 Å². The molecular weight excluding hydrogens is 164 g/mol. The summed E-state index contributed by atoms with van der Waals surface area (Å²) in [7, 11) is 1.72. The van der Waals surface area contributed by atoms with Gasteiger partial charge in [-0.3, -0.25) is 0 Å². The molecule has 1 aromatic rings. The number of hydrogen-bond donors (Lipinski definition) is 0. The van der Waals surface area contributed by atoms with Crippen molar-refractivity contribution in [1.82, 2.24) is 9.55 Å². The number of rotatable bonds is 5. The van der Waals surface area contributed by atoms with Crippen LogP contribution in [0.2, 0.25) is 0 Å². The summed E-state index contributed by atoms with van der Waals surface area (Å²) in [5.74, 6) is 1.17. The Morgan fingerprint density at radius 3 is 2.69 bits per heavy atom. The van der Waals surface area contributed by atoms with Crippen molar-refractivity contribution in [2.45, 2.75) is 33.2 Å². The lowest BCUT2D eigenvalue weighted by Gasteiger charge is -1.98. The zero-order chi connectivity index (χ0) is 9.68. The molecule has 0 N–H and O–H groups in total. The van der Waals surface area contributed by atoms with Gasteiger partial charge in [-0.1, -0.05) is 6.92 Å². The molecule has 3 nitrogen and oxygen atoms in total. The summed E-state index contributed by atoms with van der Waals surface area (Å²) < 4.78 is 7.21. The third kappa shape index (κ3) is 2.56. The van der Waals surface area contributed by atoms with E-state index >= 15 is 0 Å². The minimum atomic E-state index is 0.754.